The van der Waals surface area contributed by atoms with E-state index in [1.807, 2.05) is 18.2 Å². The molecule has 0 N–H and O–H groups in total. The van der Waals surface area contributed by atoms with Gasteiger partial charge >= 0.3 is 0 Å². The lowest BCUT2D eigenvalue weighted by Gasteiger charge is -2.14. The molecule has 0 radical (unpaired) electrons. The first-order valence-electron chi connectivity index (χ1n) is 7.72. The van der Waals surface area contributed by atoms with Crippen molar-refractivity contribution in [3.05, 3.63) is 21.8 Å². The average molecular weight is 438 g/mol. The van der Waals surface area contributed by atoms with E-state index in [0.29, 0.717) is 66.1 Å². The highest BCUT2D eigenvalue weighted by molar-refractivity contribution is 14.1. The molecule has 0 amide bonds. The molecule has 1 aromatic carbocycles. The van der Waals surface area contributed by atoms with Crippen molar-refractivity contribution in [2.24, 2.45) is 0 Å². The number of ether oxygens (including phenoxy) is 6. The minimum Gasteiger partial charge on any atom is -0.487 e. The summed E-state index contributed by atoms with van der Waals surface area (Å²) in [4.78, 5) is 0. The molecule has 1 aliphatic heterocycles. The molecule has 7 heteroatoms. The Bertz CT molecular complexity index is 443. The summed E-state index contributed by atoms with van der Waals surface area (Å²) < 4.78 is 34.3. The van der Waals surface area contributed by atoms with E-state index in [2.05, 4.69) is 22.6 Å². The molecule has 0 spiro atoms. The number of hydrogen-bond acceptors (Lipinski definition) is 6. The average Bonchev–Trinajstić information content (AvgIpc) is 2.55. The van der Waals surface area contributed by atoms with E-state index >= 15 is 0 Å². The van der Waals surface area contributed by atoms with Gasteiger partial charge in [0.05, 0.1) is 52.9 Å². The van der Waals surface area contributed by atoms with Crippen molar-refractivity contribution in [3.63, 3.8) is 0 Å². The Kier molecular flexibility index (Phi) is 9.65. The smallest absolute Gasteiger partial charge is 0.162 e. The van der Waals surface area contributed by atoms with Crippen molar-refractivity contribution in [1.82, 2.24) is 0 Å². The van der Waals surface area contributed by atoms with Crippen molar-refractivity contribution >= 4 is 22.6 Å². The van der Waals surface area contributed by atoms with Crippen LogP contribution in [0.4, 0.5) is 0 Å². The molecule has 0 unspecified atom stereocenters. The van der Waals surface area contributed by atoms with E-state index in [0.717, 1.165) is 15.1 Å². The molecule has 1 heterocycles. The summed E-state index contributed by atoms with van der Waals surface area (Å²) in [5, 5.41) is 0. The number of benzene rings is 1. The maximum atomic E-state index is 5.76. The van der Waals surface area contributed by atoms with Crippen molar-refractivity contribution < 1.29 is 28.4 Å². The Hall–Kier alpha value is -0.610. The fourth-order valence-corrected chi connectivity index (χ4v) is 2.36. The van der Waals surface area contributed by atoms with Crippen LogP contribution in [0, 0.1) is 3.57 Å². The standard InChI is InChI=1S/C16H23IO6/c17-14-1-2-15-16(13-14)23-12-10-21-8-6-19-4-3-18-5-7-20-9-11-22-15/h1-2,13H,3-12H2. The minimum absolute atomic E-state index is 0.468. The van der Waals surface area contributed by atoms with Crippen LogP contribution < -0.4 is 9.47 Å². The molecule has 2 rings (SSSR count). The molecule has 0 saturated heterocycles. The van der Waals surface area contributed by atoms with E-state index in [9.17, 15) is 0 Å². The molecule has 0 atom stereocenters. The lowest BCUT2D eigenvalue weighted by atomic mass is 10.3. The summed E-state index contributed by atoms with van der Waals surface area (Å²) in [6.07, 6.45) is 0. The van der Waals surface area contributed by atoms with Crippen LogP contribution in [0.1, 0.15) is 0 Å². The van der Waals surface area contributed by atoms with E-state index in [-0.39, 0.29) is 0 Å². The maximum Gasteiger partial charge on any atom is 0.162 e. The van der Waals surface area contributed by atoms with Gasteiger partial charge in [-0.15, -0.1) is 0 Å². The first-order chi connectivity index (χ1) is 11.4. The fraction of sp³-hybridized carbons (Fsp3) is 0.625. The highest BCUT2D eigenvalue weighted by atomic mass is 127. The second-order valence-corrected chi connectivity index (χ2v) is 5.98. The van der Waals surface area contributed by atoms with Crippen LogP contribution in [0.2, 0.25) is 0 Å². The van der Waals surface area contributed by atoms with Gasteiger partial charge in [0.15, 0.2) is 11.5 Å². The molecule has 0 fully saturated rings. The third-order valence-corrected chi connectivity index (χ3v) is 3.66. The second-order valence-electron chi connectivity index (χ2n) is 4.74. The van der Waals surface area contributed by atoms with Crippen molar-refractivity contribution in [3.8, 4) is 11.5 Å². The SMILES string of the molecule is Ic1ccc2c(c1)OCCOCCOCCOCCOCCO2. The van der Waals surface area contributed by atoms with Crippen LogP contribution in [0.15, 0.2) is 18.2 Å². The van der Waals surface area contributed by atoms with Gasteiger partial charge < -0.3 is 28.4 Å². The Labute approximate surface area is 150 Å². The molecular formula is C16H23IO6. The highest BCUT2D eigenvalue weighted by Crippen LogP contribution is 2.29. The number of fused-ring (bicyclic) bond motifs is 1. The summed E-state index contributed by atoms with van der Waals surface area (Å²) in [6.45, 7) is 5.28. The normalized spacial score (nSPS) is 19.5. The topological polar surface area (TPSA) is 55.4 Å². The van der Waals surface area contributed by atoms with Crippen LogP contribution in [-0.4, -0.2) is 66.1 Å². The van der Waals surface area contributed by atoms with Crippen LogP contribution in [0.3, 0.4) is 0 Å². The van der Waals surface area contributed by atoms with Crippen LogP contribution in [0.25, 0.3) is 0 Å². The first-order valence-corrected chi connectivity index (χ1v) is 8.80. The predicted octanol–water partition coefficient (Wildman–Crippen LogP) is 2.13. The summed E-state index contributed by atoms with van der Waals surface area (Å²) in [7, 11) is 0. The van der Waals surface area contributed by atoms with Crippen molar-refractivity contribution in [2.75, 3.05) is 66.1 Å². The molecule has 0 bridgehead atoms. The number of hydrogen-bond donors (Lipinski definition) is 0. The number of rotatable bonds is 0. The lowest BCUT2D eigenvalue weighted by molar-refractivity contribution is -0.00842. The zero-order chi connectivity index (χ0) is 16.2. The summed E-state index contributed by atoms with van der Waals surface area (Å²) in [5.41, 5.74) is 0. The summed E-state index contributed by atoms with van der Waals surface area (Å²) in [6, 6.07) is 5.84. The molecule has 130 valence electrons. The van der Waals surface area contributed by atoms with Crippen LogP contribution in [-0.2, 0) is 18.9 Å². The highest BCUT2D eigenvalue weighted by Gasteiger charge is 2.06. The predicted molar refractivity (Wildman–Crippen MR) is 93.4 cm³/mol. The second kappa shape index (κ2) is 11.9. The van der Waals surface area contributed by atoms with Gasteiger partial charge in [0.1, 0.15) is 13.2 Å². The van der Waals surface area contributed by atoms with E-state index < -0.39 is 0 Å². The van der Waals surface area contributed by atoms with Gasteiger partial charge in [-0.05, 0) is 40.8 Å². The zero-order valence-electron chi connectivity index (χ0n) is 13.1. The van der Waals surface area contributed by atoms with Gasteiger partial charge in [-0.1, -0.05) is 0 Å². The van der Waals surface area contributed by atoms with Gasteiger partial charge in [-0.25, -0.2) is 0 Å². The Morgan fingerprint density at radius 2 is 1.00 bits per heavy atom. The van der Waals surface area contributed by atoms with Gasteiger partial charge in [-0.3, -0.25) is 0 Å². The van der Waals surface area contributed by atoms with Gasteiger partial charge in [0.25, 0.3) is 0 Å². The molecular weight excluding hydrogens is 415 g/mol. The molecule has 1 aliphatic rings. The lowest BCUT2D eigenvalue weighted by Crippen LogP contribution is -2.16. The molecule has 0 aromatic heterocycles. The first kappa shape index (κ1) is 18.7. The Morgan fingerprint density at radius 3 is 1.52 bits per heavy atom. The van der Waals surface area contributed by atoms with Crippen LogP contribution >= 0.6 is 22.6 Å². The van der Waals surface area contributed by atoms with E-state index in [1.54, 1.807) is 0 Å². The van der Waals surface area contributed by atoms with Gasteiger partial charge in [0, 0.05) is 3.57 Å². The van der Waals surface area contributed by atoms with Crippen LogP contribution in [0.5, 0.6) is 11.5 Å². The third kappa shape index (κ3) is 8.16. The van der Waals surface area contributed by atoms with Crippen molar-refractivity contribution in [1.29, 1.82) is 0 Å². The molecule has 0 saturated carbocycles. The maximum absolute atomic E-state index is 5.76. The van der Waals surface area contributed by atoms with E-state index in [1.165, 1.54) is 0 Å². The Balaban J connectivity index is 1.84. The summed E-state index contributed by atoms with van der Waals surface area (Å²) >= 11 is 2.25. The van der Waals surface area contributed by atoms with Crippen molar-refractivity contribution in [2.45, 2.75) is 0 Å². The monoisotopic (exact) mass is 438 g/mol. The Morgan fingerprint density at radius 1 is 0.565 bits per heavy atom. The fourth-order valence-electron chi connectivity index (χ4n) is 1.90. The molecule has 1 aromatic rings. The van der Waals surface area contributed by atoms with Gasteiger partial charge in [-0.2, -0.15) is 0 Å². The quantitative estimate of drug-likeness (QED) is 0.579. The molecule has 6 nitrogen and oxygen atoms in total. The third-order valence-electron chi connectivity index (χ3n) is 2.99. The number of halogens is 1. The largest absolute Gasteiger partial charge is 0.487 e. The molecule has 0 aliphatic carbocycles. The minimum atomic E-state index is 0.468. The summed E-state index contributed by atoms with van der Waals surface area (Å²) in [5.74, 6) is 1.44. The van der Waals surface area contributed by atoms with E-state index in [4.69, 9.17) is 28.4 Å². The molecule has 23 heavy (non-hydrogen) atoms. The van der Waals surface area contributed by atoms with Gasteiger partial charge in [0.2, 0.25) is 0 Å². The zero-order valence-corrected chi connectivity index (χ0v) is 15.3.